The third-order valence-electron chi connectivity index (χ3n) is 2.65. The largest absolute Gasteiger partial charge is 0.480 e. The first-order chi connectivity index (χ1) is 10.4. The summed E-state index contributed by atoms with van der Waals surface area (Å²) in [5, 5.41) is 13.3. The first kappa shape index (κ1) is 17.5. The van der Waals surface area contributed by atoms with Crippen molar-refractivity contribution < 1.29 is 24.2 Å². The van der Waals surface area contributed by atoms with Gasteiger partial charge in [-0.15, -0.1) is 0 Å². The van der Waals surface area contributed by atoms with Gasteiger partial charge in [0.1, 0.15) is 12.6 Å². The second-order valence-electron chi connectivity index (χ2n) is 4.95. The third kappa shape index (κ3) is 6.74. The van der Waals surface area contributed by atoms with Crippen molar-refractivity contribution in [2.75, 3.05) is 6.54 Å². The SMILES string of the molecule is CC(C)OC(=O)N[C@@H](Cc1ccccc1)C(=O)NCC(=O)O. The highest BCUT2D eigenvalue weighted by Crippen LogP contribution is 2.04. The van der Waals surface area contributed by atoms with E-state index in [0.29, 0.717) is 0 Å². The molecule has 0 aliphatic heterocycles. The molecule has 0 aliphatic rings. The van der Waals surface area contributed by atoms with Gasteiger partial charge in [0.25, 0.3) is 0 Å². The van der Waals surface area contributed by atoms with Gasteiger partial charge in [-0.2, -0.15) is 0 Å². The number of amides is 2. The molecule has 7 heteroatoms. The second kappa shape index (κ2) is 8.66. The summed E-state index contributed by atoms with van der Waals surface area (Å²) in [4.78, 5) is 34.2. The fourth-order valence-corrected chi connectivity index (χ4v) is 1.74. The molecule has 0 aromatic heterocycles. The molecule has 0 aliphatic carbocycles. The monoisotopic (exact) mass is 308 g/mol. The molecule has 7 nitrogen and oxygen atoms in total. The fraction of sp³-hybridized carbons (Fsp3) is 0.400. The van der Waals surface area contributed by atoms with E-state index in [4.69, 9.17) is 9.84 Å². The average Bonchev–Trinajstić information content (AvgIpc) is 2.44. The van der Waals surface area contributed by atoms with Gasteiger partial charge >= 0.3 is 12.1 Å². The molecule has 1 rings (SSSR count). The van der Waals surface area contributed by atoms with Crippen molar-refractivity contribution in [1.82, 2.24) is 10.6 Å². The first-order valence-corrected chi connectivity index (χ1v) is 6.89. The molecule has 3 N–H and O–H groups in total. The molecule has 0 unspecified atom stereocenters. The molecule has 22 heavy (non-hydrogen) atoms. The van der Waals surface area contributed by atoms with Crippen molar-refractivity contribution in [2.24, 2.45) is 0 Å². The highest BCUT2D eigenvalue weighted by Gasteiger charge is 2.22. The van der Waals surface area contributed by atoms with Crippen LogP contribution in [0.15, 0.2) is 30.3 Å². The van der Waals surface area contributed by atoms with Gasteiger partial charge in [-0.3, -0.25) is 9.59 Å². The lowest BCUT2D eigenvalue weighted by Crippen LogP contribution is -2.49. The number of carboxylic acids is 1. The molecule has 0 fully saturated rings. The quantitative estimate of drug-likeness (QED) is 0.695. The molecule has 1 atom stereocenters. The van der Waals surface area contributed by atoms with E-state index in [9.17, 15) is 14.4 Å². The lowest BCUT2D eigenvalue weighted by atomic mass is 10.1. The maximum absolute atomic E-state index is 12.0. The normalized spacial score (nSPS) is 11.6. The van der Waals surface area contributed by atoms with Crippen LogP contribution in [-0.4, -0.2) is 41.8 Å². The summed E-state index contributed by atoms with van der Waals surface area (Å²) < 4.78 is 4.95. The van der Waals surface area contributed by atoms with Gasteiger partial charge in [-0.25, -0.2) is 4.79 Å². The summed E-state index contributed by atoms with van der Waals surface area (Å²) in [6, 6.07) is 8.18. The number of hydrogen-bond donors (Lipinski definition) is 3. The Kier molecular flexibility index (Phi) is 6.88. The number of carbonyl (C=O) groups is 3. The number of alkyl carbamates (subject to hydrolysis) is 1. The van der Waals surface area contributed by atoms with Gasteiger partial charge in [0.2, 0.25) is 5.91 Å². The summed E-state index contributed by atoms with van der Waals surface area (Å²) in [6.45, 7) is 2.87. The third-order valence-corrected chi connectivity index (χ3v) is 2.65. The van der Waals surface area contributed by atoms with Crippen LogP contribution < -0.4 is 10.6 Å². The molecular formula is C15H20N2O5. The Hall–Kier alpha value is -2.57. The molecular weight excluding hydrogens is 288 g/mol. The van der Waals surface area contributed by atoms with Crippen LogP contribution in [0.2, 0.25) is 0 Å². The Morgan fingerprint density at radius 2 is 1.82 bits per heavy atom. The summed E-state index contributed by atoms with van der Waals surface area (Å²) in [5.41, 5.74) is 0.836. The smallest absolute Gasteiger partial charge is 0.408 e. The van der Waals surface area contributed by atoms with Crippen molar-refractivity contribution in [3.63, 3.8) is 0 Å². The van der Waals surface area contributed by atoms with E-state index < -0.39 is 30.6 Å². The van der Waals surface area contributed by atoms with E-state index in [0.717, 1.165) is 5.56 Å². The highest BCUT2D eigenvalue weighted by molar-refractivity contribution is 5.88. The minimum Gasteiger partial charge on any atom is -0.480 e. The van der Waals surface area contributed by atoms with E-state index in [1.807, 2.05) is 30.3 Å². The van der Waals surface area contributed by atoms with Crippen LogP contribution in [0.25, 0.3) is 0 Å². The van der Waals surface area contributed by atoms with Crippen LogP contribution in [0.5, 0.6) is 0 Å². The summed E-state index contributed by atoms with van der Waals surface area (Å²) in [5.74, 6) is -1.73. The topological polar surface area (TPSA) is 105 Å². The predicted molar refractivity (Wildman–Crippen MR) is 79.3 cm³/mol. The standard InChI is InChI=1S/C15H20N2O5/c1-10(2)22-15(21)17-12(14(20)16-9-13(18)19)8-11-6-4-3-5-7-11/h3-7,10,12H,8-9H2,1-2H3,(H,16,20)(H,17,21)(H,18,19)/t12-/m0/s1. The molecule has 0 bridgehead atoms. The van der Waals surface area contributed by atoms with Crippen LogP contribution in [0.3, 0.4) is 0 Å². The van der Waals surface area contributed by atoms with Crippen molar-refractivity contribution in [2.45, 2.75) is 32.4 Å². The number of carbonyl (C=O) groups excluding carboxylic acids is 2. The fourth-order valence-electron chi connectivity index (χ4n) is 1.74. The Balaban J connectivity index is 2.73. The van der Waals surface area contributed by atoms with Crippen LogP contribution in [0.1, 0.15) is 19.4 Å². The van der Waals surface area contributed by atoms with Gasteiger partial charge in [0, 0.05) is 6.42 Å². The lowest BCUT2D eigenvalue weighted by molar-refractivity contribution is -0.138. The number of hydrogen-bond acceptors (Lipinski definition) is 4. The van der Waals surface area contributed by atoms with Gasteiger partial charge in [-0.05, 0) is 19.4 Å². The molecule has 1 aromatic carbocycles. The van der Waals surface area contributed by atoms with E-state index in [1.165, 1.54) is 0 Å². The number of carboxylic acid groups (broad SMARTS) is 1. The molecule has 2 amide bonds. The van der Waals surface area contributed by atoms with Crippen molar-refractivity contribution in [3.05, 3.63) is 35.9 Å². The summed E-state index contributed by atoms with van der Waals surface area (Å²) in [6.07, 6.45) is -0.805. The molecule has 0 saturated carbocycles. The molecule has 0 heterocycles. The maximum atomic E-state index is 12.0. The lowest BCUT2D eigenvalue weighted by Gasteiger charge is -2.19. The van der Waals surface area contributed by atoms with E-state index in [1.54, 1.807) is 13.8 Å². The Morgan fingerprint density at radius 1 is 1.18 bits per heavy atom. The van der Waals surface area contributed by atoms with Gasteiger partial charge in [0.05, 0.1) is 6.10 Å². The zero-order valence-electron chi connectivity index (χ0n) is 12.5. The first-order valence-electron chi connectivity index (χ1n) is 6.89. The number of ether oxygens (including phenoxy) is 1. The van der Waals surface area contributed by atoms with Crippen LogP contribution in [0.4, 0.5) is 4.79 Å². The van der Waals surface area contributed by atoms with E-state index >= 15 is 0 Å². The van der Waals surface area contributed by atoms with Gasteiger partial charge in [0.15, 0.2) is 0 Å². The minimum atomic E-state index is -1.16. The molecule has 1 aromatic rings. The van der Waals surface area contributed by atoms with Crippen LogP contribution in [-0.2, 0) is 20.7 Å². The summed E-state index contributed by atoms with van der Waals surface area (Å²) in [7, 11) is 0. The number of rotatable bonds is 7. The maximum Gasteiger partial charge on any atom is 0.408 e. The zero-order chi connectivity index (χ0) is 16.5. The Bertz CT molecular complexity index is 516. The average molecular weight is 308 g/mol. The molecule has 0 saturated heterocycles. The second-order valence-corrected chi connectivity index (χ2v) is 4.95. The van der Waals surface area contributed by atoms with E-state index in [2.05, 4.69) is 10.6 Å². The van der Waals surface area contributed by atoms with Crippen molar-refractivity contribution >= 4 is 18.0 Å². The number of benzene rings is 1. The van der Waals surface area contributed by atoms with Gasteiger partial charge < -0.3 is 20.5 Å². The zero-order valence-corrected chi connectivity index (χ0v) is 12.5. The Morgan fingerprint density at radius 3 is 2.36 bits per heavy atom. The molecule has 120 valence electrons. The van der Waals surface area contributed by atoms with Crippen molar-refractivity contribution in [1.29, 1.82) is 0 Å². The molecule has 0 radical (unpaired) electrons. The van der Waals surface area contributed by atoms with Crippen molar-refractivity contribution in [3.8, 4) is 0 Å². The minimum absolute atomic E-state index is 0.236. The number of nitrogens with one attached hydrogen (secondary N) is 2. The van der Waals surface area contributed by atoms with E-state index in [-0.39, 0.29) is 12.5 Å². The molecule has 0 spiro atoms. The van der Waals surface area contributed by atoms with Crippen LogP contribution in [0, 0.1) is 0 Å². The summed E-state index contributed by atoms with van der Waals surface area (Å²) >= 11 is 0. The predicted octanol–water partition coefficient (Wildman–Crippen LogP) is 0.933. The number of aliphatic carboxylic acids is 1. The Labute approximate surface area is 128 Å². The highest BCUT2D eigenvalue weighted by atomic mass is 16.6. The van der Waals surface area contributed by atoms with Gasteiger partial charge in [-0.1, -0.05) is 30.3 Å². The van der Waals surface area contributed by atoms with Crippen LogP contribution >= 0.6 is 0 Å².